The van der Waals surface area contributed by atoms with Gasteiger partial charge in [0, 0.05) is 6.54 Å². The number of rotatable bonds is 6. The summed E-state index contributed by atoms with van der Waals surface area (Å²) in [7, 11) is -3.79. The first kappa shape index (κ1) is 18.2. The van der Waals surface area contributed by atoms with E-state index in [1.807, 2.05) is 0 Å². The molecule has 3 N–H and O–H groups in total. The molecule has 1 atom stereocenters. The van der Waals surface area contributed by atoms with Crippen LogP contribution < -0.4 is 5.14 Å². The van der Waals surface area contributed by atoms with E-state index >= 15 is 0 Å². The van der Waals surface area contributed by atoms with Gasteiger partial charge < -0.3 is 5.11 Å². The molecule has 2 rings (SSSR count). The van der Waals surface area contributed by atoms with Gasteiger partial charge in [-0.3, -0.25) is 14.5 Å². The number of aliphatic carboxylic acids is 1. The molecule has 1 aliphatic heterocycles. The lowest BCUT2D eigenvalue weighted by molar-refractivity contribution is -0.139. The summed E-state index contributed by atoms with van der Waals surface area (Å²) in [6.07, 6.45) is 1.21. The molecule has 10 heteroatoms. The van der Waals surface area contributed by atoms with Gasteiger partial charge in [0.2, 0.25) is 15.9 Å². The second-order valence-electron chi connectivity index (χ2n) is 4.88. The summed E-state index contributed by atoms with van der Waals surface area (Å²) in [5.74, 6) is -1.42. The first-order chi connectivity index (χ1) is 11.2. The van der Waals surface area contributed by atoms with Crippen molar-refractivity contribution in [2.24, 2.45) is 10.1 Å². The zero-order chi connectivity index (χ0) is 17.9. The van der Waals surface area contributed by atoms with Crippen LogP contribution >= 0.6 is 11.8 Å². The molecule has 128 valence electrons. The maximum Gasteiger partial charge on any atom is 0.305 e. The lowest BCUT2D eigenvalue weighted by Gasteiger charge is -2.13. The van der Waals surface area contributed by atoms with E-state index in [2.05, 4.69) is 11.6 Å². The molecule has 0 saturated carbocycles. The van der Waals surface area contributed by atoms with Crippen molar-refractivity contribution in [3.63, 3.8) is 0 Å². The van der Waals surface area contributed by atoms with Gasteiger partial charge in [0.25, 0.3) is 0 Å². The minimum absolute atomic E-state index is 0.0479. The quantitative estimate of drug-likeness (QED) is 0.717. The molecule has 1 aromatic rings. The second kappa shape index (κ2) is 7.16. The number of sulfonamides is 1. The Morgan fingerprint density at radius 2 is 2.04 bits per heavy atom. The van der Waals surface area contributed by atoms with Gasteiger partial charge >= 0.3 is 5.97 Å². The van der Waals surface area contributed by atoms with Gasteiger partial charge in [-0.05, 0) is 24.3 Å². The highest BCUT2D eigenvalue weighted by Crippen LogP contribution is 2.31. The first-order valence-corrected chi connectivity index (χ1v) is 9.17. The Kier molecular flexibility index (Phi) is 5.42. The van der Waals surface area contributed by atoms with E-state index in [9.17, 15) is 18.0 Å². The SMILES string of the molecule is C=CCN1C(=O)[C@@H](CC(=O)O)SC1=Nc1ccc(S(N)(=O)=O)cc1. The summed E-state index contributed by atoms with van der Waals surface area (Å²) in [5.41, 5.74) is 0.419. The average molecular weight is 369 g/mol. The number of carboxylic acids is 1. The van der Waals surface area contributed by atoms with Crippen molar-refractivity contribution in [1.29, 1.82) is 0 Å². The Hall–Kier alpha value is -2.17. The number of aliphatic imine (C=N–C) groups is 1. The predicted octanol–water partition coefficient (Wildman–Crippen LogP) is 0.926. The molecule has 24 heavy (non-hydrogen) atoms. The van der Waals surface area contributed by atoms with Crippen molar-refractivity contribution in [3.05, 3.63) is 36.9 Å². The van der Waals surface area contributed by atoms with Gasteiger partial charge in [-0.15, -0.1) is 6.58 Å². The number of carboxylic acid groups (broad SMARTS) is 1. The smallest absolute Gasteiger partial charge is 0.305 e. The van der Waals surface area contributed by atoms with Crippen molar-refractivity contribution >= 4 is 44.5 Å². The van der Waals surface area contributed by atoms with E-state index in [-0.39, 0.29) is 23.8 Å². The largest absolute Gasteiger partial charge is 0.481 e. The van der Waals surface area contributed by atoms with Crippen LogP contribution in [0.3, 0.4) is 0 Å². The zero-order valence-electron chi connectivity index (χ0n) is 12.5. The number of thioether (sulfide) groups is 1. The van der Waals surface area contributed by atoms with Gasteiger partial charge in [0.15, 0.2) is 5.17 Å². The molecule has 0 aliphatic carbocycles. The Balaban J connectivity index is 2.30. The summed E-state index contributed by atoms with van der Waals surface area (Å²) < 4.78 is 22.5. The van der Waals surface area contributed by atoms with E-state index in [4.69, 9.17) is 10.2 Å². The summed E-state index contributed by atoms with van der Waals surface area (Å²) >= 11 is 1.05. The molecule has 1 saturated heterocycles. The second-order valence-corrected chi connectivity index (χ2v) is 7.61. The minimum atomic E-state index is -3.79. The molecule has 1 aromatic carbocycles. The molecule has 1 amide bonds. The maximum absolute atomic E-state index is 12.2. The molecule has 1 fully saturated rings. The average Bonchev–Trinajstić information content (AvgIpc) is 2.75. The van der Waals surface area contributed by atoms with E-state index in [0.717, 1.165) is 11.8 Å². The van der Waals surface area contributed by atoms with E-state index < -0.39 is 21.2 Å². The number of benzene rings is 1. The van der Waals surface area contributed by atoms with Crippen molar-refractivity contribution in [2.75, 3.05) is 6.54 Å². The highest BCUT2D eigenvalue weighted by molar-refractivity contribution is 8.15. The number of nitrogens with two attached hydrogens (primary N) is 1. The van der Waals surface area contributed by atoms with Crippen LogP contribution in [0.25, 0.3) is 0 Å². The Morgan fingerprint density at radius 3 is 2.54 bits per heavy atom. The molecular formula is C14H15N3O5S2. The van der Waals surface area contributed by atoms with Crippen LogP contribution in [-0.4, -0.2) is 47.3 Å². The Labute approximate surface area is 143 Å². The van der Waals surface area contributed by atoms with E-state index in [0.29, 0.717) is 10.9 Å². The van der Waals surface area contributed by atoms with Crippen molar-refractivity contribution in [1.82, 2.24) is 4.90 Å². The number of nitrogens with zero attached hydrogens (tertiary/aromatic N) is 2. The number of hydrogen-bond acceptors (Lipinski definition) is 6. The molecule has 0 unspecified atom stereocenters. The normalized spacial score (nSPS) is 19.7. The third-order valence-electron chi connectivity index (χ3n) is 3.08. The fourth-order valence-corrected chi connectivity index (χ4v) is 3.68. The summed E-state index contributed by atoms with van der Waals surface area (Å²) in [4.78, 5) is 28.7. The molecule has 8 nitrogen and oxygen atoms in total. The van der Waals surface area contributed by atoms with Gasteiger partial charge in [0.05, 0.1) is 17.0 Å². The summed E-state index contributed by atoms with van der Waals surface area (Å²) in [5, 5.41) is 13.5. The molecule has 0 radical (unpaired) electrons. The fourth-order valence-electron chi connectivity index (χ4n) is 2.00. The number of hydrogen-bond donors (Lipinski definition) is 2. The third kappa shape index (κ3) is 4.22. The standard InChI is InChI=1S/C14H15N3O5S2/c1-2-7-17-13(20)11(8-12(18)19)23-14(17)16-9-3-5-10(6-4-9)24(15,21)22/h2-6,11H,1,7-8H2,(H,18,19)(H2,15,21,22)/t11-/m1/s1. The molecule has 0 bridgehead atoms. The monoisotopic (exact) mass is 369 g/mol. The Bertz CT molecular complexity index is 802. The van der Waals surface area contributed by atoms with Crippen LogP contribution in [0.4, 0.5) is 5.69 Å². The van der Waals surface area contributed by atoms with Crippen LogP contribution in [0.5, 0.6) is 0 Å². The highest BCUT2D eigenvalue weighted by Gasteiger charge is 2.38. The van der Waals surface area contributed by atoms with Gasteiger partial charge in [0.1, 0.15) is 5.25 Å². The molecule has 1 aliphatic rings. The van der Waals surface area contributed by atoms with Crippen LogP contribution in [0.15, 0.2) is 46.8 Å². The molecule has 0 spiro atoms. The fraction of sp³-hybridized carbons (Fsp3) is 0.214. The number of carbonyl (C=O) groups excluding carboxylic acids is 1. The summed E-state index contributed by atoms with van der Waals surface area (Å²) in [6, 6.07) is 5.52. The van der Waals surface area contributed by atoms with Crippen LogP contribution in [-0.2, 0) is 19.6 Å². The van der Waals surface area contributed by atoms with Crippen molar-refractivity contribution < 1.29 is 23.1 Å². The van der Waals surface area contributed by atoms with Crippen LogP contribution in [0.2, 0.25) is 0 Å². The topological polar surface area (TPSA) is 130 Å². The van der Waals surface area contributed by atoms with Crippen LogP contribution in [0.1, 0.15) is 6.42 Å². The molecular weight excluding hydrogens is 354 g/mol. The number of primary sulfonamides is 1. The third-order valence-corrected chi connectivity index (χ3v) is 5.19. The van der Waals surface area contributed by atoms with E-state index in [1.165, 1.54) is 35.2 Å². The molecule has 0 aromatic heterocycles. The maximum atomic E-state index is 12.2. The lowest BCUT2D eigenvalue weighted by atomic mass is 10.2. The number of amides is 1. The van der Waals surface area contributed by atoms with Gasteiger partial charge in [-0.1, -0.05) is 17.8 Å². The molecule has 1 heterocycles. The van der Waals surface area contributed by atoms with Gasteiger partial charge in [-0.25, -0.2) is 18.5 Å². The highest BCUT2D eigenvalue weighted by atomic mass is 32.2. The number of carbonyl (C=O) groups is 2. The first-order valence-electron chi connectivity index (χ1n) is 6.74. The summed E-state index contributed by atoms with van der Waals surface area (Å²) in [6.45, 7) is 3.77. The van der Waals surface area contributed by atoms with Crippen molar-refractivity contribution in [3.8, 4) is 0 Å². The van der Waals surface area contributed by atoms with Gasteiger partial charge in [-0.2, -0.15) is 0 Å². The predicted molar refractivity (Wildman–Crippen MR) is 90.5 cm³/mol. The van der Waals surface area contributed by atoms with E-state index in [1.54, 1.807) is 0 Å². The lowest BCUT2D eigenvalue weighted by Crippen LogP contribution is -2.32. The van der Waals surface area contributed by atoms with Crippen LogP contribution in [0, 0.1) is 0 Å². The minimum Gasteiger partial charge on any atom is -0.481 e. The number of amidine groups is 1. The Morgan fingerprint density at radius 1 is 1.42 bits per heavy atom. The zero-order valence-corrected chi connectivity index (χ0v) is 14.1. The van der Waals surface area contributed by atoms with Crippen molar-refractivity contribution in [2.45, 2.75) is 16.6 Å².